The number of likely N-dealkylation sites (N-methyl/N-ethyl adjacent to an activating group) is 1. The average Bonchev–Trinajstić information content (AvgIpc) is 3.21. The maximum Gasteiger partial charge on any atom is 0.327 e. The summed E-state index contributed by atoms with van der Waals surface area (Å²) in [5.74, 6) is -0.142. The average molecular weight is 450 g/mol. The third-order valence-corrected chi connectivity index (χ3v) is 6.55. The van der Waals surface area contributed by atoms with E-state index in [0.29, 0.717) is 26.2 Å². The largest absolute Gasteiger partial charge is 0.396 e. The Kier molecular flexibility index (Phi) is 6.01. The first kappa shape index (κ1) is 23.0. The van der Waals surface area contributed by atoms with Crippen LogP contribution < -0.4 is 0 Å². The molecule has 4 rings (SSSR count). The number of carbonyl (C=O) groups excluding carboxylic acids is 3. The summed E-state index contributed by atoms with van der Waals surface area (Å²) in [6.07, 6.45) is 0. The first-order chi connectivity index (χ1) is 15.6. The van der Waals surface area contributed by atoms with E-state index in [-0.39, 0.29) is 29.9 Å². The molecule has 2 aliphatic rings. The quantitative estimate of drug-likeness (QED) is 0.656. The second-order valence-corrected chi connectivity index (χ2v) is 9.72. The van der Waals surface area contributed by atoms with Crippen molar-refractivity contribution in [2.45, 2.75) is 46.8 Å². The van der Waals surface area contributed by atoms with E-state index in [1.807, 2.05) is 50.2 Å². The first-order valence-electron chi connectivity index (χ1n) is 11.4. The van der Waals surface area contributed by atoms with Crippen LogP contribution >= 0.6 is 0 Å². The van der Waals surface area contributed by atoms with Crippen LogP contribution in [-0.4, -0.2) is 63.4 Å². The third-order valence-electron chi connectivity index (χ3n) is 6.55. The third kappa shape index (κ3) is 4.25. The maximum atomic E-state index is 12.8. The van der Waals surface area contributed by atoms with Gasteiger partial charge in [0.1, 0.15) is 6.04 Å². The fourth-order valence-electron chi connectivity index (χ4n) is 4.52. The maximum absolute atomic E-state index is 12.8. The molecule has 2 heterocycles. The molecule has 0 radical (unpaired) electrons. The van der Waals surface area contributed by atoms with Gasteiger partial charge in [-0.1, -0.05) is 44.2 Å². The molecular formula is C26H31N3O4. The molecule has 0 aromatic heterocycles. The molecule has 2 aliphatic heterocycles. The van der Waals surface area contributed by atoms with Crippen LogP contribution in [0.1, 0.15) is 49.2 Å². The Bertz CT molecular complexity index is 1090. The van der Waals surface area contributed by atoms with Gasteiger partial charge in [0.05, 0.1) is 0 Å². The fraction of sp³-hybridized carbons (Fsp3) is 0.423. The van der Waals surface area contributed by atoms with E-state index >= 15 is 0 Å². The summed E-state index contributed by atoms with van der Waals surface area (Å²) in [7, 11) is 0. The summed E-state index contributed by atoms with van der Waals surface area (Å²) in [5.41, 5.74) is 4.37. The molecule has 1 fully saturated rings. The number of amides is 4. The molecule has 2 aromatic carbocycles. The number of imide groups is 1. The summed E-state index contributed by atoms with van der Waals surface area (Å²) in [6.45, 7) is 9.30. The Hall–Kier alpha value is -3.19. The van der Waals surface area contributed by atoms with Crippen LogP contribution in [0.4, 0.5) is 4.79 Å². The van der Waals surface area contributed by atoms with Crippen molar-refractivity contribution in [1.29, 1.82) is 0 Å². The van der Waals surface area contributed by atoms with Crippen molar-refractivity contribution in [2.24, 2.45) is 5.41 Å². The Morgan fingerprint density at radius 2 is 1.70 bits per heavy atom. The molecule has 33 heavy (non-hydrogen) atoms. The van der Waals surface area contributed by atoms with Crippen molar-refractivity contribution in [2.75, 3.05) is 19.7 Å². The number of aliphatic hydroxyl groups is 1. The van der Waals surface area contributed by atoms with Gasteiger partial charge in [-0.05, 0) is 48.2 Å². The van der Waals surface area contributed by atoms with E-state index in [9.17, 15) is 19.5 Å². The number of rotatable bonds is 7. The second kappa shape index (κ2) is 8.63. The molecule has 174 valence electrons. The summed E-state index contributed by atoms with van der Waals surface area (Å²) >= 11 is 0. The highest BCUT2D eigenvalue weighted by atomic mass is 16.3. The van der Waals surface area contributed by atoms with E-state index in [2.05, 4.69) is 6.07 Å². The molecule has 1 N–H and O–H groups in total. The van der Waals surface area contributed by atoms with Gasteiger partial charge in [0.15, 0.2) is 0 Å². The lowest BCUT2D eigenvalue weighted by molar-refractivity contribution is -0.127. The van der Waals surface area contributed by atoms with E-state index in [0.717, 1.165) is 27.8 Å². The minimum Gasteiger partial charge on any atom is -0.396 e. The van der Waals surface area contributed by atoms with Gasteiger partial charge in [-0.25, -0.2) is 4.79 Å². The zero-order valence-corrected chi connectivity index (χ0v) is 19.7. The van der Waals surface area contributed by atoms with Crippen molar-refractivity contribution in [3.63, 3.8) is 0 Å². The number of benzene rings is 2. The molecule has 0 bridgehead atoms. The number of carbonyl (C=O) groups is 3. The molecule has 2 aromatic rings. The molecule has 7 nitrogen and oxygen atoms in total. The summed E-state index contributed by atoms with van der Waals surface area (Å²) < 4.78 is 0. The van der Waals surface area contributed by atoms with Gasteiger partial charge < -0.3 is 14.9 Å². The number of hydrogen-bond acceptors (Lipinski definition) is 4. The minimum atomic E-state index is -0.454. The zero-order chi connectivity index (χ0) is 23.9. The number of aliphatic hydroxyl groups excluding tert-OH is 1. The lowest BCUT2D eigenvalue weighted by atomic mass is 9.94. The molecule has 4 amide bonds. The highest BCUT2D eigenvalue weighted by molar-refractivity contribution is 6.04. The summed E-state index contributed by atoms with van der Waals surface area (Å²) in [6, 6.07) is 13.2. The first-order valence-corrected chi connectivity index (χ1v) is 11.4. The van der Waals surface area contributed by atoms with E-state index < -0.39 is 6.04 Å². The van der Waals surface area contributed by atoms with Gasteiger partial charge >= 0.3 is 6.03 Å². The van der Waals surface area contributed by atoms with Gasteiger partial charge in [-0.3, -0.25) is 14.5 Å². The van der Waals surface area contributed by atoms with Gasteiger partial charge in [-0.2, -0.15) is 0 Å². The van der Waals surface area contributed by atoms with E-state index in [4.69, 9.17) is 0 Å². The summed E-state index contributed by atoms with van der Waals surface area (Å²) in [5, 5.41) is 9.55. The Morgan fingerprint density at radius 3 is 2.30 bits per heavy atom. The van der Waals surface area contributed by atoms with E-state index in [1.165, 1.54) is 4.90 Å². The van der Waals surface area contributed by atoms with Crippen molar-refractivity contribution in [3.8, 4) is 11.1 Å². The molecule has 1 atom stereocenters. The minimum absolute atomic E-state index is 0.00786. The van der Waals surface area contributed by atoms with Gasteiger partial charge in [-0.15, -0.1) is 0 Å². The molecular weight excluding hydrogens is 418 g/mol. The lowest BCUT2D eigenvalue weighted by Gasteiger charge is -2.28. The molecule has 0 saturated carbocycles. The molecule has 0 spiro atoms. The zero-order valence-electron chi connectivity index (χ0n) is 19.7. The van der Waals surface area contributed by atoms with Crippen LogP contribution in [0.5, 0.6) is 0 Å². The summed E-state index contributed by atoms with van der Waals surface area (Å²) in [4.78, 5) is 42.2. The Balaban J connectivity index is 1.48. The normalized spacial score (nSPS) is 18.5. The number of fused-ring (bicyclic) bond motifs is 1. The van der Waals surface area contributed by atoms with Crippen molar-refractivity contribution in [3.05, 3.63) is 59.2 Å². The Morgan fingerprint density at radius 1 is 1.03 bits per heavy atom. The van der Waals surface area contributed by atoms with Crippen LogP contribution in [0, 0.1) is 5.41 Å². The van der Waals surface area contributed by atoms with E-state index in [1.54, 1.807) is 23.6 Å². The van der Waals surface area contributed by atoms with Gasteiger partial charge in [0, 0.05) is 43.8 Å². The molecule has 1 saturated heterocycles. The van der Waals surface area contributed by atoms with Crippen LogP contribution in [0.15, 0.2) is 42.5 Å². The van der Waals surface area contributed by atoms with Crippen LogP contribution in [0.2, 0.25) is 0 Å². The number of urea groups is 1. The standard InChI is InChI=1S/C26H31N3O4/c1-5-28-23(31)17(2)29(25(28)33)13-18-6-8-19(9-7-18)20-10-11-22-21(12-20)14-27(24(22)32)15-26(3,4)16-30/h6-12,17,30H,5,13-16H2,1-4H3. The topological polar surface area (TPSA) is 81.2 Å². The molecule has 0 aliphatic carbocycles. The van der Waals surface area contributed by atoms with Gasteiger partial charge in [0.25, 0.3) is 11.8 Å². The number of nitrogens with zero attached hydrogens (tertiary/aromatic N) is 3. The molecule has 7 heteroatoms. The highest BCUT2D eigenvalue weighted by Gasteiger charge is 2.41. The SMILES string of the molecule is CCN1C(=O)C(C)N(Cc2ccc(-c3ccc4c(c3)CN(CC(C)(C)CO)C4=O)cc2)C1=O. The lowest BCUT2D eigenvalue weighted by Crippen LogP contribution is -2.36. The van der Waals surface area contributed by atoms with Gasteiger partial charge in [0.2, 0.25) is 0 Å². The second-order valence-electron chi connectivity index (χ2n) is 9.72. The van der Waals surface area contributed by atoms with Crippen molar-refractivity contribution < 1.29 is 19.5 Å². The van der Waals surface area contributed by atoms with Crippen LogP contribution in [0.25, 0.3) is 11.1 Å². The highest BCUT2D eigenvalue weighted by Crippen LogP contribution is 2.31. The number of hydrogen-bond donors (Lipinski definition) is 1. The Labute approximate surface area is 194 Å². The molecule has 1 unspecified atom stereocenters. The smallest absolute Gasteiger partial charge is 0.327 e. The van der Waals surface area contributed by atoms with Crippen LogP contribution in [0.3, 0.4) is 0 Å². The van der Waals surface area contributed by atoms with Crippen molar-refractivity contribution >= 4 is 17.8 Å². The van der Waals surface area contributed by atoms with Crippen molar-refractivity contribution in [1.82, 2.24) is 14.7 Å². The predicted molar refractivity (Wildman–Crippen MR) is 125 cm³/mol. The predicted octanol–water partition coefficient (Wildman–Crippen LogP) is 3.50. The van der Waals surface area contributed by atoms with Crippen LogP contribution in [-0.2, 0) is 17.9 Å². The monoisotopic (exact) mass is 449 g/mol. The fourth-order valence-corrected chi connectivity index (χ4v) is 4.52.